The van der Waals surface area contributed by atoms with Crippen LogP contribution in [-0.4, -0.2) is 75.6 Å². The third kappa shape index (κ3) is 5.37. The van der Waals surface area contributed by atoms with Gasteiger partial charge in [-0.25, -0.2) is 4.98 Å². The van der Waals surface area contributed by atoms with Crippen molar-refractivity contribution < 1.29 is 19.1 Å². The van der Waals surface area contributed by atoms with Crippen LogP contribution < -0.4 is 10.6 Å². The second-order valence-electron chi connectivity index (χ2n) is 12.3. The van der Waals surface area contributed by atoms with E-state index in [9.17, 15) is 14.4 Å². The molecular weight excluding hydrogens is 570 g/mol. The summed E-state index contributed by atoms with van der Waals surface area (Å²) < 4.78 is 5.80. The van der Waals surface area contributed by atoms with Gasteiger partial charge < -0.3 is 20.3 Å². The van der Waals surface area contributed by atoms with E-state index in [-0.39, 0.29) is 17.7 Å². The molecule has 2 aliphatic heterocycles. The van der Waals surface area contributed by atoms with Gasteiger partial charge in [0.15, 0.2) is 0 Å². The van der Waals surface area contributed by atoms with Crippen LogP contribution in [0.2, 0.25) is 0 Å². The number of carbonyl (C=O) groups excluding carboxylic acids is 3. The zero-order valence-corrected chi connectivity index (χ0v) is 25.4. The Bertz CT molecular complexity index is 1860. The Morgan fingerprint density at radius 2 is 1.93 bits per heavy atom. The van der Waals surface area contributed by atoms with Crippen molar-refractivity contribution in [3.05, 3.63) is 88.0 Å². The van der Waals surface area contributed by atoms with Gasteiger partial charge in [0.2, 0.25) is 11.8 Å². The summed E-state index contributed by atoms with van der Waals surface area (Å²) in [6.07, 6.45) is 11.6. The maximum absolute atomic E-state index is 13.8. The molecule has 45 heavy (non-hydrogen) atoms. The SMILES string of the molecule is Cc1cc(C[C@H]2NC(=O)c3cnc4c(c3)C[C@@]3(C4)C(=O)Nc4ncc(cc43)/C=C\COCCCCN(C)C2=O)cc2cn[nH]c12. The van der Waals surface area contributed by atoms with E-state index in [2.05, 4.69) is 30.8 Å². The number of likely N-dealkylation sites (N-methyl/N-ethyl adjacent to an activating group) is 1. The first kappa shape index (κ1) is 28.8. The third-order valence-electron chi connectivity index (χ3n) is 9.16. The summed E-state index contributed by atoms with van der Waals surface area (Å²) in [5.74, 6) is -0.107. The van der Waals surface area contributed by atoms with Crippen LogP contribution in [0, 0.1) is 6.92 Å². The van der Waals surface area contributed by atoms with Crippen molar-refractivity contribution >= 4 is 40.5 Å². The first-order chi connectivity index (χ1) is 21.8. The van der Waals surface area contributed by atoms with Crippen LogP contribution in [0.3, 0.4) is 0 Å². The van der Waals surface area contributed by atoms with Crippen molar-refractivity contribution in [3.63, 3.8) is 0 Å². The van der Waals surface area contributed by atoms with Gasteiger partial charge in [0, 0.05) is 62.1 Å². The molecule has 0 unspecified atom stereocenters. The number of hydrogen-bond acceptors (Lipinski definition) is 7. The summed E-state index contributed by atoms with van der Waals surface area (Å²) in [5, 5.41) is 14.1. The van der Waals surface area contributed by atoms with Gasteiger partial charge in [-0.3, -0.25) is 24.5 Å². The Balaban J connectivity index is 1.21. The van der Waals surface area contributed by atoms with Crippen LogP contribution in [-0.2, 0) is 39.0 Å². The minimum Gasteiger partial charge on any atom is -0.377 e. The normalized spacial score (nSPS) is 22.8. The van der Waals surface area contributed by atoms with Gasteiger partial charge in [-0.1, -0.05) is 18.2 Å². The number of anilines is 1. The number of benzene rings is 1. The molecule has 0 radical (unpaired) electrons. The molecule has 7 rings (SSSR count). The Morgan fingerprint density at radius 1 is 1.04 bits per heavy atom. The summed E-state index contributed by atoms with van der Waals surface area (Å²) in [6, 6.07) is 7.04. The molecule has 3 aromatic heterocycles. The lowest BCUT2D eigenvalue weighted by Crippen LogP contribution is -2.48. The number of ether oxygens (including phenoxy) is 1. The first-order valence-electron chi connectivity index (χ1n) is 15.3. The van der Waals surface area contributed by atoms with E-state index in [1.165, 1.54) is 6.20 Å². The molecule has 4 aromatic rings. The zero-order valence-electron chi connectivity index (χ0n) is 25.4. The average molecular weight is 606 g/mol. The highest BCUT2D eigenvalue weighted by molar-refractivity contribution is 6.06. The Labute approximate surface area is 260 Å². The average Bonchev–Trinajstić information content (AvgIpc) is 3.73. The number of H-pyrrole nitrogens is 1. The van der Waals surface area contributed by atoms with Gasteiger partial charge in [-0.05, 0) is 66.6 Å². The number of amides is 3. The number of nitrogens with zero attached hydrogens (tertiary/aromatic N) is 4. The first-order valence-corrected chi connectivity index (χ1v) is 15.3. The van der Waals surface area contributed by atoms with E-state index in [4.69, 9.17) is 4.74 Å². The fourth-order valence-electron chi connectivity index (χ4n) is 6.76. The summed E-state index contributed by atoms with van der Waals surface area (Å²) in [6.45, 7) is 3.54. The summed E-state index contributed by atoms with van der Waals surface area (Å²) in [7, 11) is 1.77. The highest BCUT2D eigenvalue weighted by atomic mass is 16.5. The predicted octanol–water partition coefficient (Wildman–Crippen LogP) is 3.27. The van der Waals surface area contributed by atoms with Crippen LogP contribution in [0.5, 0.6) is 0 Å². The number of hydrogen-bond donors (Lipinski definition) is 3. The number of aromatic nitrogens is 4. The zero-order chi connectivity index (χ0) is 31.1. The van der Waals surface area contributed by atoms with Crippen molar-refractivity contribution in [1.29, 1.82) is 0 Å². The number of fused-ring (bicyclic) bond motifs is 3. The molecule has 3 aliphatic rings. The minimum atomic E-state index is -0.837. The molecule has 1 spiro atoms. The Morgan fingerprint density at radius 3 is 2.82 bits per heavy atom. The number of rotatable bonds is 2. The highest BCUT2D eigenvalue weighted by Crippen LogP contribution is 2.46. The van der Waals surface area contributed by atoms with Gasteiger partial charge in [-0.15, -0.1) is 0 Å². The van der Waals surface area contributed by atoms with E-state index >= 15 is 0 Å². The largest absolute Gasteiger partial charge is 0.377 e. The Kier molecular flexibility index (Phi) is 7.40. The van der Waals surface area contributed by atoms with Crippen molar-refractivity contribution in [3.8, 4) is 0 Å². The molecular formula is C34H35N7O4. The lowest BCUT2D eigenvalue weighted by molar-refractivity contribution is -0.132. The highest BCUT2D eigenvalue weighted by Gasteiger charge is 2.52. The third-order valence-corrected chi connectivity index (χ3v) is 9.16. The number of nitrogens with one attached hydrogen (secondary N) is 3. The van der Waals surface area contributed by atoms with Crippen molar-refractivity contribution in [2.45, 2.75) is 50.5 Å². The van der Waals surface area contributed by atoms with E-state index in [1.807, 2.05) is 43.3 Å². The molecule has 5 bridgehead atoms. The standard InChI is InChI=1S/C34H35N7O4/c1-20-10-22(11-24-19-37-40-29(20)24)13-27-32(43)41(2)7-3-4-8-45-9-5-6-21-12-26-30(36-17-21)39-33(44)34(26)15-23-14-25(31(42)38-27)18-35-28(23)16-34/h5-6,10-12,14,17-19,27H,3-4,7-9,13,15-16H2,1-2H3,(H,37,40)(H,38,42)(H,36,39,44)/b6-5-/t27-,34+/m1/s1. The minimum absolute atomic E-state index is 0.115. The van der Waals surface area contributed by atoms with Crippen LogP contribution in [0.15, 0.2) is 48.9 Å². The van der Waals surface area contributed by atoms with Gasteiger partial charge in [0.25, 0.3) is 5.91 Å². The van der Waals surface area contributed by atoms with Crippen molar-refractivity contribution in [1.82, 2.24) is 30.4 Å². The molecule has 11 heteroatoms. The van der Waals surface area contributed by atoms with Crippen molar-refractivity contribution in [2.75, 3.05) is 32.1 Å². The van der Waals surface area contributed by atoms with Crippen LogP contribution in [0.1, 0.15) is 56.7 Å². The lowest BCUT2D eigenvalue weighted by Gasteiger charge is -2.25. The van der Waals surface area contributed by atoms with E-state index < -0.39 is 11.5 Å². The molecule has 0 saturated carbocycles. The summed E-state index contributed by atoms with van der Waals surface area (Å²) in [5.41, 5.74) is 5.74. The van der Waals surface area contributed by atoms with E-state index in [1.54, 1.807) is 24.3 Å². The van der Waals surface area contributed by atoms with Crippen LogP contribution in [0.4, 0.5) is 5.82 Å². The van der Waals surface area contributed by atoms with Gasteiger partial charge in [0.05, 0.1) is 29.3 Å². The predicted molar refractivity (Wildman–Crippen MR) is 169 cm³/mol. The number of aromatic amines is 1. The second-order valence-corrected chi connectivity index (χ2v) is 12.3. The van der Waals surface area contributed by atoms with E-state index in [0.717, 1.165) is 57.3 Å². The lowest BCUT2D eigenvalue weighted by atomic mass is 9.79. The van der Waals surface area contributed by atoms with Gasteiger partial charge in [0.1, 0.15) is 11.9 Å². The number of aryl methyl sites for hydroxylation is 1. The topological polar surface area (TPSA) is 142 Å². The molecule has 0 saturated heterocycles. The molecule has 1 aliphatic carbocycles. The molecule has 11 nitrogen and oxygen atoms in total. The van der Waals surface area contributed by atoms with Crippen molar-refractivity contribution in [2.24, 2.45) is 0 Å². The molecule has 3 N–H and O–H groups in total. The molecule has 3 amide bonds. The van der Waals surface area contributed by atoms with Gasteiger partial charge >= 0.3 is 0 Å². The summed E-state index contributed by atoms with van der Waals surface area (Å²) >= 11 is 0. The fourth-order valence-corrected chi connectivity index (χ4v) is 6.76. The van der Waals surface area contributed by atoms with Crippen LogP contribution >= 0.6 is 0 Å². The molecule has 5 heterocycles. The maximum Gasteiger partial charge on any atom is 0.253 e. The van der Waals surface area contributed by atoms with E-state index in [0.29, 0.717) is 50.4 Å². The number of pyridine rings is 2. The van der Waals surface area contributed by atoms with Gasteiger partial charge in [-0.2, -0.15) is 5.10 Å². The Hall–Kier alpha value is -4.90. The molecule has 230 valence electrons. The maximum atomic E-state index is 13.8. The molecule has 2 atom stereocenters. The summed E-state index contributed by atoms with van der Waals surface area (Å²) in [4.78, 5) is 51.8. The van der Waals surface area contributed by atoms with Crippen LogP contribution in [0.25, 0.3) is 17.0 Å². The fraction of sp³-hybridized carbons (Fsp3) is 0.353. The molecule has 1 aromatic carbocycles. The number of carbonyl (C=O) groups is 3. The smallest absolute Gasteiger partial charge is 0.253 e. The molecule has 0 fully saturated rings. The quantitative estimate of drug-likeness (QED) is 0.318. The second kappa shape index (κ2) is 11.6. The monoisotopic (exact) mass is 605 g/mol.